The third-order valence-corrected chi connectivity index (χ3v) is 4.81. The smallest absolute Gasteiger partial charge is 0.325 e. The lowest BCUT2D eigenvalue weighted by molar-refractivity contribution is -0.141. The molecule has 2 heterocycles. The molecule has 1 aromatic carbocycles. The number of imidazole rings is 1. The molecule has 0 saturated heterocycles. The second kappa shape index (κ2) is 6.00. The van der Waals surface area contributed by atoms with Crippen molar-refractivity contribution in [1.29, 1.82) is 0 Å². The van der Waals surface area contributed by atoms with Crippen molar-refractivity contribution in [3.05, 3.63) is 42.5 Å². The number of fused-ring (bicyclic) bond motifs is 1. The van der Waals surface area contributed by atoms with Crippen LogP contribution in [0.15, 0.2) is 41.7 Å². The number of methoxy groups -OCH3 is 1. The number of aromatic amines is 1. The molecule has 3 aromatic rings. The molecule has 0 aliphatic heterocycles. The summed E-state index contributed by atoms with van der Waals surface area (Å²) in [5, 5.41) is 0.809. The number of carbonyl (C=O) groups is 1. The van der Waals surface area contributed by atoms with Crippen LogP contribution in [0, 0.1) is 6.92 Å². The number of H-pyrrole nitrogens is 1. The van der Waals surface area contributed by atoms with E-state index >= 15 is 0 Å². The van der Waals surface area contributed by atoms with Crippen molar-refractivity contribution in [3.63, 3.8) is 0 Å². The van der Waals surface area contributed by atoms with Gasteiger partial charge in [-0.15, -0.1) is 0 Å². The highest BCUT2D eigenvalue weighted by Gasteiger charge is 2.17. The molecule has 8 nitrogen and oxygen atoms in total. The SMILES string of the molecule is COC(=O)Cn1ccc2cc(NS(=O)(=O)c3cnc(C)[nH]3)ccc21. The van der Waals surface area contributed by atoms with E-state index < -0.39 is 10.0 Å². The summed E-state index contributed by atoms with van der Waals surface area (Å²) < 4.78 is 33.5. The van der Waals surface area contributed by atoms with E-state index in [2.05, 4.69) is 19.4 Å². The van der Waals surface area contributed by atoms with E-state index in [1.54, 1.807) is 42.0 Å². The van der Waals surface area contributed by atoms with Gasteiger partial charge in [0.2, 0.25) is 0 Å². The third kappa shape index (κ3) is 3.11. The summed E-state index contributed by atoms with van der Waals surface area (Å²) in [5.41, 5.74) is 1.23. The monoisotopic (exact) mass is 348 g/mol. The number of anilines is 1. The van der Waals surface area contributed by atoms with Crippen LogP contribution in [0.5, 0.6) is 0 Å². The molecule has 0 aliphatic carbocycles. The number of esters is 1. The van der Waals surface area contributed by atoms with Gasteiger partial charge in [-0.1, -0.05) is 0 Å². The number of hydrogen-bond acceptors (Lipinski definition) is 5. The minimum atomic E-state index is -3.73. The van der Waals surface area contributed by atoms with Crippen molar-refractivity contribution in [2.24, 2.45) is 0 Å². The van der Waals surface area contributed by atoms with Gasteiger partial charge in [0.05, 0.1) is 13.3 Å². The minimum absolute atomic E-state index is 0.00311. The molecular formula is C15H16N4O4S. The van der Waals surface area contributed by atoms with Crippen molar-refractivity contribution < 1.29 is 17.9 Å². The molecule has 126 valence electrons. The van der Waals surface area contributed by atoms with Crippen LogP contribution in [0.4, 0.5) is 5.69 Å². The average Bonchev–Trinajstić information content (AvgIpc) is 3.14. The van der Waals surface area contributed by atoms with Gasteiger partial charge in [0.15, 0.2) is 5.03 Å². The van der Waals surface area contributed by atoms with Gasteiger partial charge >= 0.3 is 5.97 Å². The fraction of sp³-hybridized carbons (Fsp3) is 0.200. The maximum Gasteiger partial charge on any atom is 0.325 e. The highest BCUT2D eigenvalue weighted by molar-refractivity contribution is 7.92. The zero-order valence-electron chi connectivity index (χ0n) is 13.1. The molecule has 0 saturated carbocycles. The Kier molecular flexibility index (Phi) is 4.02. The van der Waals surface area contributed by atoms with E-state index in [-0.39, 0.29) is 17.5 Å². The van der Waals surface area contributed by atoms with Gasteiger partial charge in [-0.25, -0.2) is 4.98 Å². The van der Waals surface area contributed by atoms with Crippen LogP contribution in [0.25, 0.3) is 10.9 Å². The fourth-order valence-corrected chi connectivity index (χ4v) is 3.37. The maximum atomic E-state index is 12.3. The lowest BCUT2D eigenvalue weighted by Crippen LogP contribution is -2.13. The zero-order chi connectivity index (χ0) is 17.3. The average molecular weight is 348 g/mol. The summed E-state index contributed by atoms with van der Waals surface area (Å²) in [7, 11) is -2.39. The van der Waals surface area contributed by atoms with Crippen molar-refractivity contribution >= 4 is 32.6 Å². The lowest BCUT2D eigenvalue weighted by Gasteiger charge is -2.07. The molecule has 0 radical (unpaired) electrons. The molecule has 0 atom stereocenters. The van der Waals surface area contributed by atoms with Gasteiger partial charge in [0, 0.05) is 22.8 Å². The Balaban J connectivity index is 1.88. The minimum Gasteiger partial charge on any atom is -0.468 e. The van der Waals surface area contributed by atoms with Gasteiger partial charge in [0.1, 0.15) is 12.4 Å². The number of ether oxygens (including phenoxy) is 1. The third-order valence-electron chi connectivity index (χ3n) is 3.52. The second-order valence-corrected chi connectivity index (χ2v) is 6.88. The van der Waals surface area contributed by atoms with E-state index in [0.29, 0.717) is 11.5 Å². The number of carbonyl (C=O) groups excluding carboxylic acids is 1. The predicted octanol–water partition coefficient (Wildman–Crippen LogP) is 1.65. The number of sulfonamides is 1. The zero-order valence-corrected chi connectivity index (χ0v) is 13.9. The number of aromatic nitrogens is 3. The van der Waals surface area contributed by atoms with Crippen LogP contribution in [-0.4, -0.2) is 36.0 Å². The van der Waals surface area contributed by atoms with Crippen molar-refractivity contribution in [3.8, 4) is 0 Å². The summed E-state index contributed by atoms with van der Waals surface area (Å²) in [6.07, 6.45) is 3.02. The molecule has 0 fully saturated rings. The van der Waals surface area contributed by atoms with E-state index in [4.69, 9.17) is 0 Å². The molecule has 0 bridgehead atoms. The highest BCUT2D eigenvalue weighted by atomic mass is 32.2. The predicted molar refractivity (Wildman–Crippen MR) is 88.1 cm³/mol. The Morgan fingerprint density at radius 2 is 2.17 bits per heavy atom. The molecular weight excluding hydrogens is 332 g/mol. The molecule has 0 spiro atoms. The molecule has 0 unspecified atom stereocenters. The van der Waals surface area contributed by atoms with E-state index in [9.17, 15) is 13.2 Å². The second-order valence-electron chi connectivity index (χ2n) is 5.23. The topological polar surface area (TPSA) is 106 Å². The molecule has 2 aromatic heterocycles. The number of aryl methyl sites for hydroxylation is 1. The molecule has 24 heavy (non-hydrogen) atoms. The van der Waals surface area contributed by atoms with Crippen LogP contribution in [0.3, 0.4) is 0 Å². The summed E-state index contributed by atoms with van der Waals surface area (Å²) >= 11 is 0. The summed E-state index contributed by atoms with van der Waals surface area (Å²) in [4.78, 5) is 18.0. The van der Waals surface area contributed by atoms with Crippen LogP contribution < -0.4 is 4.72 Å². The van der Waals surface area contributed by atoms with Crippen LogP contribution in [0.2, 0.25) is 0 Å². The van der Waals surface area contributed by atoms with E-state index in [1.165, 1.54) is 13.3 Å². The van der Waals surface area contributed by atoms with Gasteiger partial charge in [0.25, 0.3) is 10.0 Å². The largest absolute Gasteiger partial charge is 0.468 e. The standard InChI is InChI=1S/C15H16N4O4S/c1-10-16-8-14(17-10)24(21,22)18-12-3-4-13-11(7-12)5-6-19(13)9-15(20)23-2/h3-8,18H,9H2,1-2H3,(H,16,17). The van der Waals surface area contributed by atoms with Gasteiger partial charge < -0.3 is 14.3 Å². The summed E-state index contributed by atoms with van der Waals surface area (Å²) in [6.45, 7) is 1.77. The van der Waals surface area contributed by atoms with Crippen LogP contribution in [0.1, 0.15) is 5.82 Å². The number of nitrogens with zero attached hydrogens (tertiary/aromatic N) is 2. The number of hydrogen-bond donors (Lipinski definition) is 2. The van der Waals surface area contributed by atoms with E-state index in [1.807, 2.05) is 0 Å². The first kappa shape index (κ1) is 16.1. The fourth-order valence-electron chi connectivity index (χ4n) is 2.35. The van der Waals surface area contributed by atoms with Crippen LogP contribution >= 0.6 is 0 Å². The van der Waals surface area contributed by atoms with Crippen LogP contribution in [-0.2, 0) is 26.1 Å². The normalized spacial score (nSPS) is 11.6. The maximum absolute atomic E-state index is 12.3. The first-order chi connectivity index (χ1) is 11.4. The Morgan fingerprint density at radius 3 is 2.83 bits per heavy atom. The Morgan fingerprint density at radius 1 is 1.38 bits per heavy atom. The first-order valence-corrected chi connectivity index (χ1v) is 8.57. The van der Waals surface area contributed by atoms with Gasteiger partial charge in [-0.2, -0.15) is 8.42 Å². The van der Waals surface area contributed by atoms with Crippen molar-refractivity contribution in [1.82, 2.24) is 14.5 Å². The molecule has 3 rings (SSSR count). The summed E-state index contributed by atoms with van der Waals surface area (Å²) in [6, 6.07) is 6.88. The molecule has 2 N–H and O–H groups in total. The Labute approximate surface area is 138 Å². The van der Waals surface area contributed by atoms with Gasteiger partial charge in [-0.3, -0.25) is 9.52 Å². The number of benzene rings is 1. The number of nitrogens with one attached hydrogen (secondary N) is 2. The van der Waals surface area contributed by atoms with Crippen molar-refractivity contribution in [2.75, 3.05) is 11.8 Å². The quantitative estimate of drug-likeness (QED) is 0.682. The molecule has 9 heteroatoms. The Hall–Kier alpha value is -2.81. The number of rotatable bonds is 5. The van der Waals surface area contributed by atoms with E-state index in [0.717, 1.165) is 10.9 Å². The first-order valence-electron chi connectivity index (χ1n) is 7.09. The van der Waals surface area contributed by atoms with Gasteiger partial charge in [-0.05, 0) is 31.2 Å². The molecule has 0 aliphatic rings. The van der Waals surface area contributed by atoms with Crippen molar-refractivity contribution in [2.45, 2.75) is 18.5 Å². The Bertz CT molecular complexity index is 1000. The summed E-state index contributed by atoms with van der Waals surface area (Å²) in [5.74, 6) is 0.164. The lowest BCUT2D eigenvalue weighted by atomic mass is 10.2. The molecule has 0 amide bonds. The highest BCUT2D eigenvalue weighted by Crippen LogP contribution is 2.22.